The summed E-state index contributed by atoms with van der Waals surface area (Å²) in [5, 5.41) is 12.2. The fourth-order valence-corrected chi connectivity index (χ4v) is 2.45. The lowest BCUT2D eigenvalue weighted by Gasteiger charge is -2.32. The van der Waals surface area contributed by atoms with Crippen LogP contribution in [0.3, 0.4) is 0 Å². The van der Waals surface area contributed by atoms with E-state index in [1.807, 2.05) is 27.7 Å². The number of aldehydes is 1. The van der Waals surface area contributed by atoms with Crippen molar-refractivity contribution in [1.29, 1.82) is 0 Å². The Kier molecular flexibility index (Phi) is 5.58. The van der Waals surface area contributed by atoms with Gasteiger partial charge in [-0.05, 0) is 50.9 Å². The van der Waals surface area contributed by atoms with E-state index >= 15 is 0 Å². The van der Waals surface area contributed by atoms with Gasteiger partial charge in [0.15, 0.2) is 17.9 Å². The second kappa shape index (κ2) is 7.21. The molecule has 1 aromatic rings. The van der Waals surface area contributed by atoms with E-state index in [2.05, 4.69) is 5.32 Å². The zero-order valence-electron chi connectivity index (χ0n) is 15.6. The Balaban J connectivity index is 2.42. The molecule has 1 fully saturated rings. The zero-order valence-corrected chi connectivity index (χ0v) is 15.6. The minimum atomic E-state index is -0.909. The molecule has 1 heterocycles. The number of aromatic hydroxyl groups is 1. The van der Waals surface area contributed by atoms with Crippen LogP contribution < -0.4 is 5.32 Å². The van der Waals surface area contributed by atoms with Crippen LogP contribution in [-0.4, -0.2) is 42.2 Å². The lowest BCUT2D eigenvalue weighted by atomic mass is 9.77. The first kappa shape index (κ1) is 20.1. The minimum absolute atomic E-state index is 0.130. The highest BCUT2D eigenvalue weighted by atomic mass is 19.1. The number of hydrogen-bond acceptors (Lipinski definition) is 5. The standard InChI is InChI=1S/C18H23BFNO5/c1-11(23)21-9-14(19-25-17(2,3)18(4,5)26-19)7-12-6-13(10-22)16(24)15(20)8-12/h6-8,10,24H,9H2,1-5H3,(H,21,23). The van der Waals surface area contributed by atoms with Crippen LogP contribution in [0.4, 0.5) is 4.39 Å². The van der Waals surface area contributed by atoms with Gasteiger partial charge in [0, 0.05) is 13.5 Å². The monoisotopic (exact) mass is 363 g/mol. The fraction of sp³-hybridized carbons (Fsp3) is 0.444. The Hall–Kier alpha value is -2.19. The Bertz CT molecular complexity index is 744. The highest BCUT2D eigenvalue weighted by Gasteiger charge is 2.52. The van der Waals surface area contributed by atoms with Crippen molar-refractivity contribution in [3.8, 4) is 5.75 Å². The number of benzene rings is 1. The van der Waals surface area contributed by atoms with Gasteiger partial charge in [-0.1, -0.05) is 6.08 Å². The molecule has 1 amide bonds. The van der Waals surface area contributed by atoms with Crippen LogP contribution in [0.25, 0.3) is 6.08 Å². The van der Waals surface area contributed by atoms with Crippen molar-refractivity contribution in [3.63, 3.8) is 0 Å². The Morgan fingerprint density at radius 2 is 1.85 bits per heavy atom. The van der Waals surface area contributed by atoms with Crippen LogP contribution in [0.1, 0.15) is 50.5 Å². The average Bonchev–Trinajstić information content (AvgIpc) is 2.74. The van der Waals surface area contributed by atoms with Crippen molar-refractivity contribution in [2.45, 2.75) is 45.8 Å². The van der Waals surface area contributed by atoms with E-state index in [1.54, 1.807) is 6.08 Å². The van der Waals surface area contributed by atoms with Gasteiger partial charge in [0.2, 0.25) is 5.91 Å². The molecule has 0 bridgehead atoms. The van der Waals surface area contributed by atoms with Gasteiger partial charge < -0.3 is 19.7 Å². The van der Waals surface area contributed by atoms with Gasteiger partial charge in [-0.25, -0.2) is 4.39 Å². The van der Waals surface area contributed by atoms with Crippen LogP contribution in [0.15, 0.2) is 17.6 Å². The van der Waals surface area contributed by atoms with Crippen LogP contribution in [0.5, 0.6) is 5.75 Å². The summed E-state index contributed by atoms with van der Waals surface area (Å²) in [5.41, 5.74) is -0.426. The van der Waals surface area contributed by atoms with Gasteiger partial charge in [-0.2, -0.15) is 0 Å². The van der Waals surface area contributed by atoms with Crippen LogP contribution >= 0.6 is 0 Å². The van der Waals surface area contributed by atoms with Gasteiger partial charge in [0.1, 0.15) is 0 Å². The number of carbonyl (C=O) groups excluding carboxylic acids is 2. The maximum Gasteiger partial charge on any atom is 0.492 e. The molecule has 6 nitrogen and oxygen atoms in total. The molecule has 1 aliphatic heterocycles. The van der Waals surface area contributed by atoms with E-state index in [9.17, 15) is 19.1 Å². The van der Waals surface area contributed by atoms with E-state index in [0.29, 0.717) is 17.3 Å². The molecule has 8 heteroatoms. The normalized spacial score (nSPS) is 18.7. The molecule has 26 heavy (non-hydrogen) atoms. The van der Waals surface area contributed by atoms with E-state index in [-0.39, 0.29) is 18.0 Å². The molecule has 0 saturated carbocycles. The van der Waals surface area contributed by atoms with E-state index in [4.69, 9.17) is 9.31 Å². The Morgan fingerprint density at radius 1 is 1.27 bits per heavy atom. The van der Waals surface area contributed by atoms with Gasteiger partial charge in [0.05, 0.1) is 16.8 Å². The second-order valence-electron chi connectivity index (χ2n) is 7.28. The van der Waals surface area contributed by atoms with Crippen molar-refractivity contribution < 1.29 is 28.4 Å². The SMILES string of the molecule is CC(=O)NCC(=Cc1cc(F)c(O)c(C=O)c1)B1OC(C)(C)C(C)(C)O1. The first-order chi connectivity index (χ1) is 12.0. The summed E-state index contributed by atoms with van der Waals surface area (Å²) in [6, 6.07) is 2.45. The second-order valence-corrected chi connectivity index (χ2v) is 7.28. The molecule has 2 N–H and O–H groups in total. The van der Waals surface area contributed by atoms with Gasteiger partial charge in [0.25, 0.3) is 0 Å². The minimum Gasteiger partial charge on any atom is -0.504 e. The van der Waals surface area contributed by atoms with Crippen molar-refractivity contribution in [1.82, 2.24) is 5.32 Å². The number of halogens is 1. The maximum atomic E-state index is 13.8. The summed E-state index contributed by atoms with van der Waals surface area (Å²) in [6.07, 6.45) is 1.95. The lowest BCUT2D eigenvalue weighted by molar-refractivity contribution is -0.118. The summed E-state index contributed by atoms with van der Waals surface area (Å²) >= 11 is 0. The summed E-state index contributed by atoms with van der Waals surface area (Å²) in [4.78, 5) is 22.3. The van der Waals surface area contributed by atoms with Crippen molar-refractivity contribution >= 4 is 25.4 Å². The number of amides is 1. The smallest absolute Gasteiger partial charge is 0.492 e. The van der Waals surface area contributed by atoms with Crippen molar-refractivity contribution in [2.75, 3.05) is 6.54 Å². The largest absolute Gasteiger partial charge is 0.504 e. The van der Waals surface area contributed by atoms with Gasteiger partial charge in [-0.15, -0.1) is 0 Å². The fourth-order valence-electron chi connectivity index (χ4n) is 2.45. The predicted octanol–water partition coefficient (Wildman–Crippen LogP) is 2.49. The molecule has 0 spiro atoms. The van der Waals surface area contributed by atoms with Crippen LogP contribution in [-0.2, 0) is 14.1 Å². The molecule has 0 aliphatic carbocycles. The van der Waals surface area contributed by atoms with Crippen molar-refractivity contribution in [3.05, 3.63) is 34.5 Å². The third kappa shape index (κ3) is 4.13. The van der Waals surface area contributed by atoms with Gasteiger partial charge >= 0.3 is 7.12 Å². The number of hydrogen-bond donors (Lipinski definition) is 2. The third-order valence-electron chi connectivity index (χ3n) is 4.69. The summed E-state index contributed by atoms with van der Waals surface area (Å²) in [6.45, 7) is 9.10. The third-order valence-corrected chi connectivity index (χ3v) is 4.69. The summed E-state index contributed by atoms with van der Waals surface area (Å²) in [5.74, 6) is -1.84. The van der Waals surface area contributed by atoms with Gasteiger partial charge in [-0.3, -0.25) is 9.59 Å². The molecule has 0 radical (unpaired) electrons. The topological polar surface area (TPSA) is 84.9 Å². The Labute approximate surface area is 152 Å². The quantitative estimate of drug-likeness (QED) is 0.620. The number of nitrogens with one attached hydrogen (secondary N) is 1. The van der Waals surface area contributed by atoms with E-state index < -0.39 is 29.9 Å². The predicted molar refractivity (Wildman–Crippen MR) is 96.2 cm³/mol. The first-order valence-electron chi connectivity index (χ1n) is 8.25. The van der Waals surface area contributed by atoms with Crippen LogP contribution in [0, 0.1) is 5.82 Å². The number of rotatable bonds is 5. The average molecular weight is 363 g/mol. The molecule has 1 aliphatic rings. The lowest BCUT2D eigenvalue weighted by Crippen LogP contribution is -2.41. The highest BCUT2D eigenvalue weighted by Crippen LogP contribution is 2.38. The van der Waals surface area contributed by atoms with E-state index in [1.165, 1.54) is 13.0 Å². The highest BCUT2D eigenvalue weighted by molar-refractivity contribution is 6.56. The zero-order chi connectivity index (χ0) is 19.7. The van der Waals surface area contributed by atoms with Crippen molar-refractivity contribution in [2.24, 2.45) is 0 Å². The number of phenols is 1. The first-order valence-corrected chi connectivity index (χ1v) is 8.25. The summed E-state index contributed by atoms with van der Waals surface area (Å²) < 4.78 is 25.8. The molecule has 140 valence electrons. The summed E-state index contributed by atoms with van der Waals surface area (Å²) in [7, 11) is -0.747. The molecular formula is C18H23BFNO5. The maximum absolute atomic E-state index is 13.8. The molecule has 1 saturated heterocycles. The molecule has 0 unspecified atom stereocenters. The Morgan fingerprint density at radius 3 is 2.35 bits per heavy atom. The molecular weight excluding hydrogens is 340 g/mol. The van der Waals surface area contributed by atoms with E-state index in [0.717, 1.165) is 6.07 Å². The molecule has 2 rings (SSSR count). The molecule has 0 aromatic heterocycles. The van der Waals surface area contributed by atoms with Crippen LogP contribution in [0.2, 0.25) is 0 Å². The number of carbonyl (C=O) groups is 2. The molecule has 0 atom stereocenters. The molecule has 1 aromatic carbocycles. The number of phenolic OH excluding ortho intramolecular Hbond substituents is 1.